The van der Waals surface area contributed by atoms with Crippen molar-refractivity contribution in [3.63, 3.8) is 0 Å². The Balaban J connectivity index is 2.20. The molecule has 0 saturated carbocycles. The first kappa shape index (κ1) is 13.6. The lowest BCUT2D eigenvalue weighted by Crippen LogP contribution is -2.43. The van der Waals surface area contributed by atoms with E-state index < -0.39 is 36.0 Å². The van der Waals surface area contributed by atoms with Gasteiger partial charge in [-0.15, -0.1) is 0 Å². The van der Waals surface area contributed by atoms with E-state index in [0.717, 1.165) is 0 Å². The molecule has 0 N–H and O–H groups in total. The second-order valence-electron chi connectivity index (χ2n) is 5.40. The standard InChI is InChI=1S/C12H18O6/c1-11(2)15-7(5-13)9(17-11)10-8(6-14)16-12(3,4)18-10/h5-10H,1-4H3/t7-,8-,9-,10-/m1/s1. The predicted octanol–water partition coefficient (Wildman–Crippen LogP) is 0.424. The lowest BCUT2D eigenvalue weighted by molar-refractivity contribution is -0.175. The summed E-state index contributed by atoms with van der Waals surface area (Å²) in [6.07, 6.45) is -1.48. The Morgan fingerprint density at radius 1 is 0.722 bits per heavy atom. The highest BCUT2D eigenvalue weighted by molar-refractivity contribution is 5.61. The van der Waals surface area contributed by atoms with Crippen LogP contribution in [-0.2, 0) is 28.5 Å². The van der Waals surface area contributed by atoms with Crippen molar-refractivity contribution < 1.29 is 28.5 Å². The van der Waals surface area contributed by atoms with Crippen LogP contribution in [0.3, 0.4) is 0 Å². The van der Waals surface area contributed by atoms with Gasteiger partial charge in [-0.05, 0) is 27.7 Å². The van der Waals surface area contributed by atoms with Crippen molar-refractivity contribution in [2.24, 2.45) is 0 Å². The smallest absolute Gasteiger partial charge is 0.164 e. The Morgan fingerprint density at radius 2 is 1.06 bits per heavy atom. The van der Waals surface area contributed by atoms with E-state index in [1.807, 2.05) is 0 Å². The van der Waals surface area contributed by atoms with Gasteiger partial charge in [0.25, 0.3) is 0 Å². The van der Waals surface area contributed by atoms with Crippen molar-refractivity contribution in [1.29, 1.82) is 0 Å². The van der Waals surface area contributed by atoms with Crippen LogP contribution in [0.1, 0.15) is 27.7 Å². The van der Waals surface area contributed by atoms with Crippen LogP contribution in [0.2, 0.25) is 0 Å². The van der Waals surface area contributed by atoms with Crippen LogP contribution in [0.15, 0.2) is 0 Å². The van der Waals surface area contributed by atoms with E-state index in [4.69, 9.17) is 18.9 Å². The van der Waals surface area contributed by atoms with Crippen molar-refractivity contribution in [2.45, 2.75) is 63.7 Å². The Bertz CT molecular complexity index is 316. The lowest BCUT2D eigenvalue weighted by atomic mass is 10.0. The zero-order valence-electron chi connectivity index (χ0n) is 10.9. The normalized spacial score (nSPS) is 41.8. The van der Waals surface area contributed by atoms with Gasteiger partial charge < -0.3 is 28.5 Å². The van der Waals surface area contributed by atoms with E-state index in [2.05, 4.69) is 0 Å². The first-order chi connectivity index (χ1) is 8.28. The van der Waals surface area contributed by atoms with Crippen LogP contribution in [0.5, 0.6) is 0 Å². The molecular formula is C12H18O6. The van der Waals surface area contributed by atoms with Crippen molar-refractivity contribution >= 4 is 12.6 Å². The highest BCUT2D eigenvalue weighted by atomic mass is 16.8. The lowest BCUT2D eigenvalue weighted by Gasteiger charge is -2.23. The molecule has 18 heavy (non-hydrogen) atoms. The number of carbonyl (C=O) groups excluding carboxylic acids is 2. The third-order valence-corrected chi connectivity index (χ3v) is 2.92. The zero-order chi connectivity index (χ0) is 13.6. The molecule has 102 valence electrons. The maximum Gasteiger partial charge on any atom is 0.164 e. The topological polar surface area (TPSA) is 71.1 Å². The summed E-state index contributed by atoms with van der Waals surface area (Å²) in [7, 11) is 0. The van der Waals surface area contributed by atoms with Gasteiger partial charge in [-0.2, -0.15) is 0 Å². The minimum atomic E-state index is -0.875. The second kappa shape index (κ2) is 4.38. The maximum absolute atomic E-state index is 11.0. The summed E-state index contributed by atoms with van der Waals surface area (Å²) in [5, 5.41) is 0. The Hall–Kier alpha value is -0.820. The molecule has 2 rings (SSSR count). The van der Waals surface area contributed by atoms with Crippen molar-refractivity contribution in [1.82, 2.24) is 0 Å². The van der Waals surface area contributed by atoms with Gasteiger partial charge in [0.15, 0.2) is 24.1 Å². The summed E-state index contributed by atoms with van der Waals surface area (Å²) in [5.74, 6) is -1.75. The molecule has 2 aliphatic heterocycles. The van der Waals surface area contributed by atoms with Gasteiger partial charge in [0.05, 0.1) is 0 Å². The van der Waals surface area contributed by atoms with Gasteiger partial charge in [-0.3, -0.25) is 0 Å². The summed E-state index contributed by atoms with van der Waals surface area (Å²) in [6, 6.07) is 0. The molecule has 2 aliphatic rings. The molecule has 0 amide bonds. The first-order valence-corrected chi connectivity index (χ1v) is 5.90. The zero-order valence-corrected chi connectivity index (χ0v) is 10.9. The Labute approximate surface area is 106 Å². The number of rotatable bonds is 3. The van der Waals surface area contributed by atoms with E-state index in [9.17, 15) is 9.59 Å². The van der Waals surface area contributed by atoms with Crippen LogP contribution < -0.4 is 0 Å². The number of carbonyl (C=O) groups is 2. The molecule has 6 nitrogen and oxygen atoms in total. The van der Waals surface area contributed by atoms with Crippen molar-refractivity contribution in [2.75, 3.05) is 0 Å². The van der Waals surface area contributed by atoms with Crippen molar-refractivity contribution in [3.05, 3.63) is 0 Å². The van der Waals surface area contributed by atoms with Crippen LogP contribution in [0.25, 0.3) is 0 Å². The molecule has 0 unspecified atom stereocenters. The number of hydrogen-bond donors (Lipinski definition) is 0. The van der Waals surface area contributed by atoms with E-state index >= 15 is 0 Å². The van der Waals surface area contributed by atoms with Gasteiger partial charge in [0.2, 0.25) is 0 Å². The fraction of sp³-hybridized carbons (Fsp3) is 0.833. The fourth-order valence-electron chi connectivity index (χ4n) is 2.35. The van der Waals surface area contributed by atoms with Crippen molar-refractivity contribution in [3.8, 4) is 0 Å². The van der Waals surface area contributed by atoms with Gasteiger partial charge >= 0.3 is 0 Å². The molecule has 2 saturated heterocycles. The summed E-state index contributed by atoms with van der Waals surface area (Å²) in [4.78, 5) is 22.1. The Morgan fingerprint density at radius 3 is 1.33 bits per heavy atom. The number of aldehydes is 2. The highest BCUT2D eigenvalue weighted by Gasteiger charge is 2.53. The summed E-state index contributed by atoms with van der Waals surface area (Å²) >= 11 is 0. The molecule has 2 heterocycles. The molecule has 0 aromatic rings. The molecule has 2 fully saturated rings. The largest absolute Gasteiger partial charge is 0.341 e. The van der Waals surface area contributed by atoms with Gasteiger partial charge in [-0.25, -0.2) is 0 Å². The highest BCUT2D eigenvalue weighted by Crippen LogP contribution is 2.37. The minimum Gasteiger partial charge on any atom is -0.341 e. The van der Waals surface area contributed by atoms with Crippen LogP contribution >= 0.6 is 0 Å². The van der Waals surface area contributed by atoms with Gasteiger partial charge in [-0.1, -0.05) is 0 Å². The van der Waals surface area contributed by atoms with E-state index in [1.165, 1.54) is 0 Å². The van der Waals surface area contributed by atoms with E-state index in [1.54, 1.807) is 27.7 Å². The van der Waals surface area contributed by atoms with Crippen LogP contribution in [0, 0.1) is 0 Å². The average molecular weight is 258 g/mol. The molecule has 0 aromatic heterocycles. The maximum atomic E-state index is 11.0. The van der Waals surface area contributed by atoms with E-state index in [0.29, 0.717) is 12.6 Å². The molecule has 0 spiro atoms. The van der Waals surface area contributed by atoms with Gasteiger partial charge in [0, 0.05) is 0 Å². The molecule has 4 atom stereocenters. The summed E-state index contributed by atoms with van der Waals surface area (Å²) in [5.41, 5.74) is 0. The molecule has 0 aromatic carbocycles. The number of ether oxygens (including phenoxy) is 4. The van der Waals surface area contributed by atoms with Crippen LogP contribution in [0.4, 0.5) is 0 Å². The second-order valence-corrected chi connectivity index (χ2v) is 5.40. The third kappa shape index (κ3) is 2.47. The fourth-order valence-corrected chi connectivity index (χ4v) is 2.35. The van der Waals surface area contributed by atoms with Gasteiger partial charge in [0.1, 0.15) is 24.4 Å². The minimum absolute atomic E-state index is 0.644. The molecule has 0 bridgehead atoms. The first-order valence-electron chi connectivity index (χ1n) is 5.90. The average Bonchev–Trinajstić information content (AvgIpc) is 2.74. The van der Waals surface area contributed by atoms with Crippen LogP contribution in [-0.4, -0.2) is 48.6 Å². The van der Waals surface area contributed by atoms with E-state index in [-0.39, 0.29) is 0 Å². The summed E-state index contributed by atoms with van der Waals surface area (Å²) < 4.78 is 22.2. The monoisotopic (exact) mass is 258 g/mol. The predicted molar refractivity (Wildman–Crippen MR) is 59.8 cm³/mol. The molecule has 6 heteroatoms. The molecule has 0 aliphatic carbocycles. The SMILES string of the molecule is CC1(C)O[C@@H]([C@@H]2OC(C)(C)O[C@@H]2C=O)[C@@H](C=O)O1. The molecular weight excluding hydrogens is 240 g/mol. The molecule has 0 radical (unpaired) electrons. The quantitative estimate of drug-likeness (QED) is 0.683. The third-order valence-electron chi connectivity index (χ3n) is 2.92. The summed E-state index contributed by atoms with van der Waals surface area (Å²) in [6.45, 7) is 6.83. The Kier molecular flexibility index (Phi) is 3.31. The number of hydrogen-bond acceptors (Lipinski definition) is 6.